The SMILES string of the molecule is CC(C)(C(N)=O)c1ccccc1C(F)(F)F. The maximum atomic E-state index is 12.7. The smallest absolute Gasteiger partial charge is 0.369 e. The number of rotatable bonds is 2. The van der Waals surface area contributed by atoms with Crippen LogP contribution in [0.3, 0.4) is 0 Å². The summed E-state index contributed by atoms with van der Waals surface area (Å²) in [6, 6.07) is 4.95. The van der Waals surface area contributed by atoms with Gasteiger partial charge in [0.05, 0.1) is 11.0 Å². The molecule has 1 amide bonds. The van der Waals surface area contributed by atoms with E-state index in [1.807, 2.05) is 0 Å². The zero-order chi connectivity index (χ0) is 12.6. The van der Waals surface area contributed by atoms with Crippen LogP contribution in [0.5, 0.6) is 0 Å². The first-order chi connectivity index (χ1) is 7.17. The molecular weight excluding hydrogens is 219 g/mol. The van der Waals surface area contributed by atoms with Crippen LogP contribution in [-0.4, -0.2) is 5.91 Å². The van der Waals surface area contributed by atoms with Crippen LogP contribution in [0.25, 0.3) is 0 Å². The van der Waals surface area contributed by atoms with E-state index in [-0.39, 0.29) is 5.56 Å². The summed E-state index contributed by atoms with van der Waals surface area (Å²) in [6.07, 6.45) is -4.48. The lowest BCUT2D eigenvalue weighted by Crippen LogP contribution is -2.37. The highest BCUT2D eigenvalue weighted by molar-refractivity contribution is 5.86. The lowest BCUT2D eigenvalue weighted by Gasteiger charge is -2.25. The third kappa shape index (κ3) is 2.18. The first kappa shape index (κ1) is 12.5. The minimum atomic E-state index is -4.48. The monoisotopic (exact) mass is 231 g/mol. The second-order valence-corrected chi connectivity index (χ2v) is 4.03. The molecule has 0 saturated carbocycles. The summed E-state index contributed by atoms with van der Waals surface area (Å²) in [6.45, 7) is 2.75. The van der Waals surface area contributed by atoms with Gasteiger partial charge in [-0.2, -0.15) is 13.2 Å². The fourth-order valence-corrected chi connectivity index (χ4v) is 1.41. The highest BCUT2D eigenvalue weighted by atomic mass is 19.4. The topological polar surface area (TPSA) is 43.1 Å². The molecule has 88 valence electrons. The Kier molecular flexibility index (Phi) is 2.99. The predicted molar refractivity (Wildman–Crippen MR) is 53.7 cm³/mol. The number of hydrogen-bond donors (Lipinski definition) is 1. The lowest BCUT2D eigenvalue weighted by molar-refractivity contribution is -0.139. The van der Waals surface area contributed by atoms with Gasteiger partial charge in [-0.3, -0.25) is 4.79 Å². The highest BCUT2D eigenvalue weighted by Gasteiger charge is 2.39. The Morgan fingerprint density at radius 3 is 1.94 bits per heavy atom. The molecule has 0 atom stereocenters. The minimum Gasteiger partial charge on any atom is -0.369 e. The predicted octanol–water partition coefficient (Wildman–Crippen LogP) is 2.47. The van der Waals surface area contributed by atoms with Crippen molar-refractivity contribution in [1.82, 2.24) is 0 Å². The number of carbonyl (C=O) groups excluding carboxylic acids is 1. The number of carbonyl (C=O) groups is 1. The van der Waals surface area contributed by atoms with E-state index in [9.17, 15) is 18.0 Å². The van der Waals surface area contributed by atoms with Crippen LogP contribution in [-0.2, 0) is 16.4 Å². The third-order valence-corrected chi connectivity index (χ3v) is 2.52. The molecule has 0 aromatic heterocycles. The summed E-state index contributed by atoms with van der Waals surface area (Å²) < 4.78 is 38.1. The number of halogens is 3. The maximum absolute atomic E-state index is 12.7. The molecular formula is C11H12F3NO. The molecule has 0 aliphatic heterocycles. The molecule has 2 N–H and O–H groups in total. The summed E-state index contributed by atoms with van der Waals surface area (Å²) in [4.78, 5) is 11.2. The van der Waals surface area contributed by atoms with Crippen LogP contribution in [0.15, 0.2) is 24.3 Å². The number of amides is 1. The zero-order valence-electron chi connectivity index (χ0n) is 8.93. The van der Waals surface area contributed by atoms with E-state index < -0.39 is 23.1 Å². The third-order valence-electron chi connectivity index (χ3n) is 2.52. The quantitative estimate of drug-likeness (QED) is 0.834. The maximum Gasteiger partial charge on any atom is 0.416 e. The van der Waals surface area contributed by atoms with Gasteiger partial charge in [-0.05, 0) is 25.5 Å². The Morgan fingerprint density at radius 1 is 1.12 bits per heavy atom. The van der Waals surface area contributed by atoms with Gasteiger partial charge in [0.1, 0.15) is 0 Å². The van der Waals surface area contributed by atoms with E-state index in [4.69, 9.17) is 5.73 Å². The normalized spacial score (nSPS) is 12.6. The van der Waals surface area contributed by atoms with Crippen molar-refractivity contribution in [1.29, 1.82) is 0 Å². The van der Waals surface area contributed by atoms with Crippen LogP contribution in [0.2, 0.25) is 0 Å². The summed E-state index contributed by atoms with van der Waals surface area (Å²) in [5.74, 6) is -0.788. The second-order valence-electron chi connectivity index (χ2n) is 4.03. The van der Waals surface area contributed by atoms with Crippen LogP contribution < -0.4 is 5.73 Å². The number of benzene rings is 1. The first-order valence-corrected chi connectivity index (χ1v) is 4.64. The molecule has 1 aromatic rings. The average Bonchev–Trinajstić information content (AvgIpc) is 2.16. The molecule has 5 heteroatoms. The second kappa shape index (κ2) is 3.81. The summed E-state index contributed by atoms with van der Waals surface area (Å²) >= 11 is 0. The van der Waals surface area contributed by atoms with Gasteiger partial charge in [-0.25, -0.2) is 0 Å². The average molecular weight is 231 g/mol. The van der Waals surface area contributed by atoms with E-state index in [1.54, 1.807) is 0 Å². The van der Waals surface area contributed by atoms with Gasteiger partial charge in [0.2, 0.25) is 5.91 Å². The molecule has 0 radical (unpaired) electrons. The van der Waals surface area contributed by atoms with Crippen molar-refractivity contribution in [2.24, 2.45) is 5.73 Å². The van der Waals surface area contributed by atoms with Crippen molar-refractivity contribution >= 4 is 5.91 Å². The van der Waals surface area contributed by atoms with Gasteiger partial charge in [-0.1, -0.05) is 18.2 Å². The van der Waals surface area contributed by atoms with Crippen LogP contribution in [0.4, 0.5) is 13.2 Å². The minimum absolute atomic E-state index is 0.102. The number of nitrogens with two attached hydrogens (primary N) is 1. The van der Waals surface area contributed by atoms with Crippen molar-refractivity contribution in [3.8, 4) is 0 Å². The summed E-state index contributed by atoms with van der Waals surface area (Å²) in [5.41, 5.74) is 2.84. The van der Waals surface area contributed by atoms with Crippen LogP contribution in [0.1, 0.15) is 25.0 Å². The van der Waals surface area contributed by atoms with Gasteiger partial charge in [0.25, 0.3) is 0 Å². The number of primary amides is 1. The Bertz CT molecular complexity index is 410. The molecule has 2 nitrogen and oxygen atoms in total. The van der Waals surface area contributed by atoms with E-state index >= 15 is 0 Å². The van der Waals surface area contributed by atoms with Crippen LogP contribution >= 0.6 is 0 Å². The van der Waals surface area contributed by atoms with E-state index in [0.29, 0.717) is 0 Å². The summed E-state index contributed by atoms with van der Waals surface area (Å²) in [7, 11) is 0. The van der Waals surface area contributed by atoms with Gasteiger partial charge in [0, 0.05) is 0 Å². The molecule has 0 aliphatic rings. The van der Waals surface area contributed by atoms with Gasteiger partial charge in [0.15, 0.2) is 0 Å². The fourth-order valence-electron chi connectivity index (χ4n) is 1.41. The molecule has 16 heavy (non-hydrogen) atoms. The Hall–Kier alpha value is -1.52. The molecule has 0 bridgehead atoms. The standard InChI is InChI=1S/C11H12F3NO/c1-10(2,9(15)16)7-5-3-4-6-8(7)11(12,13)14/h3-6H,1-2H3,(H2,15,16). The van der Waals surface area contributed by atoms with Crippen LogP contribution in [0, 0.1) is 0 Å². The molecule has 1 rings (SSSR count). The lowest BCUT2D eigenvalue weighted by atomic mass is 9.81. The highest BCUT2D eigenvalue weighted by Crippen LogP contribution is 2.37. The molecule has 0 aliphatic carbocycles. The molecule has 0 fully saturated rings. The van der Waals surface area contributed by atoms with Crippen molar-refractivity contribution in [2.45, 2.75) is 25.4 Å². The molecule has 0 unspecified atom stereocenters. The van der Waals surface area contributed by atoms with Crippen molar-refractivity contribution in [3.63, 3.8) is 0 Å². The Balaban J connectivity index is 3.41. The van der Waals surface area contributed by atoms with Crippen molar-refractivity contribution in [3.05, 3.63) is 35.4 Å². The first-order valence-electron chi connectivity index (χ1n) is 4.64. The molecule has 0 spiro atoms. The molecule has 1 aromatic carbocycles. The van der Waals surface area contributed by atoms with Gasteiger partial charge in [-0.15, -0.1) is 0 Å². The van der Waals surface area contributed by atoms with Gasteiger partial charge < -0.3 is 5.73 Å². The largest absolute Gasteiger partial charge is 0.416 e. The molecule has 0 heterocycles. The zero-order valence-corrected chi connectivity index (χ0v) is 8.93. The Morgan fingerprint density at radius 2 is 1.56 bits per heavy atom. The van der Waals surface area contributed by atoms with Crippen molar-refractivity contribution < 1.29 is 18.0 Å². The summed E-state index contributed by atoms with van der Waals surface area (Å²) in [5, 5.41) is 0. The van der Waals surface area contributed by atoms with E-state index in [1.165, 1.54) is 32.0 Å². The van der Waals surface area contributed by atoms with E-state index in [2.05, 4.69) is 0 Å². The number of alkyl halides is 3. The number of hydrogen-bond acceptors (Lipinski definition) is 1. The fraction of sp³-hybridized carbons (Fsp3) is 0.364. The van der Waals surface area contributed by atoms with Crippen molar-refractivity contribution in [2.75, 3.05) is 0 Å². The van der Waals surface area contributed by atoms with Gasteiger partial charge >= 0.3 is 6.18 Å². The van der Waals surface area contributed by atoms with E-state index in [0.717, 1.165) is 6.07 Å². The molecule has 0 saturated heterocycles. The Labute approximate surface area is 91.3 Å².